The Morgan fingerprint density at radius 3 is 2.52 bits per heavy atom. The Kier molecular flexibility index (Phi) is 4.60. The van der Waals surface area contributed by atoms with Gasteiger partial charge in [0.2, 0.25) is 0 Å². The monoisotopic (exact) mass is 351 g/mol. The lowest BCUT2D eigenvalue weighted by Gasteiger charge is -2.09. The van der Waals surface area contributed by atoms with Crippen LogP contribution < -0.4 is 15.8 Å². The summed E-state index contributed by atoms with van der Waals surface area (Å²) in [5, 5.41) is 8.38. The van der Waals surface area contributed by atoms with Crippen LogP contribution in [-0.4, -0.2) is 28.2 Å². The number of nitrogens with one attached hydrogen (secondary N) is 1. The zero-order chi connectivity index (χ0) is 18.0. The van der Waals surface area contributed by atoms with E-state index in [9.17, 15) is 13.2 Å². The van der Waals surface area contributed by atoms with Crippen molar-refractivity contribution in [1.29, 1.82) is 0 Å². The number of benzene rings is 1. The van der Waals surface area contributed by atoms with Crippen molar-refractivity contribution in [3.8, 4) is 11.4 Å². The zero-order valence-electron chi connectivity index (χ0n) is 13.3. The van der Waals surface area contributed by atoms with Crippen LogP contribution in [-0.2, 0) is 13.1 Å². The molecule has 1 aromatic carbocycles. The van der Waals surface area contributed by atoms with Gasteiger partial charge >= 0.3 is 6.36 Å². The molecule has 9 heteroatoms. The second-order valence-electron chi connectivity index (χ2n) is 5.30. The molecule has 3 rings (SSSR count). The fourth-order valence-electron chi connectivity index (χ4n) is 2.63. The molecule has 3 N–H and O–H groups in total. The lowest BCUT2D eigenvalue weighted by Crippen LogP contribution is -2.17. The predicted octanol–water partition coefficient (Wildman–Crippen LogP) is 2.50. The van der Waals surface area contributed by atoms with Crippen LogP contribution in [0.3, 0.4) is 0 Å². The molecular formula is C16H16F3N5O. The number of halogens is 3. The maximum absolute atomic E-state index is 12.3. The van der Waals surface area contributed by atoms with Gasteiger partial charge in [0, 0.05) is 24.7 Å². The van der Waals surface area contributed by atoms with Crippen molar-refractivity contribution in [1.82, 2.24) is 20.1 Å². The fourth-order valence-corrected chi connectivity index (χ4v) is 2.63. The number of hydrogen-bond donors (Lipinski definition) is 2. The molecule has 0 atom stereocenters. The Balaban J connectivity index is 2.05. The van der Waals surface area contributed by atoms with Gasteiger partial charge in [-0.15, -0.1) is 13.2 Å². The third-order valence-electron chi connectivity index (χ3n) is 3.60. The van der Waals surface area contributed by atoms with Crippen LogP contribution in [0.2, 0.25) is 0 Å². The molecule has 0 amide bonds. The molecule has 6 nitrogen and oxygen atoms in total. The molecule has 25 heavy (non-hydrogen) atoms. The van der Waals surface area contributed by atoms with Crippen molar-refractivity contribution >= 4 is 11.0 Å². The number of hydrogen-bond acceptors (Lipinski definition) is 5. The minimum Gasteiger partial charge on any atom is -0.406 e. The van der Waals surface area contributed by atoms with E-state index in [0.717, 1.165) is 10.9 Å². The average Bonchev–Trinajstić information content (AvgIpc) is 2.94. The van der Waals surface area contributed by atoms with Crippen LogP contribution in [0.1, 0.15) is 11.3 Å². The van der Waals surface area contributed by atoms with Gasteiger partial charge in [0.05, 0.1) is 11.4 Å². The third-order valence-corrected chi connectivity index (χ3v) is 3.60. The van der Waals surface area contributed by atoms with Crippen molar-refractivity contribution in [2.75, 3.05) is 7.05 Å². The first kappa shape index (κ1) is 17.2. The number of aromatic nitrogens is 3. The van der Waals surface area contributed by atoms with Crippen molar-refractivity contribution in [3.63, 3.8) is 0 Å². The number of pyridine rings is 1. The van der Waals surface area contributed by atoms with Crippen molar-refractivity contribution in [3.05, 3.63) is 47.8 Å². The van der Waals surface area contributed by atoms with E-state index in [1.807, 2.05) is 13.1 Å². The molecule has 0 saturated carbocycles. The first-order valence-corrected chi connectivity index (χ1v) is 7.49. The molecule has 132 valence electrons. The van der Waals surface area contributed by atoms with E-state index in [-0.39, 0.29) is 12.3 Å². The van der Waals surface area contributed by atoms with Crippen LogP contribution in [0.25, 0.3) is 16.7 Å². The Morgan fingerprint density at radius 1 is 1.20 bits per heavy atom. The topological polar surface area (TPSA) is 78.0 Å². The quantitative estimate of drug-likeness (QED) is 0.738. The minimum atomic E-state index is -4.73. The van der Waals surface area contributed by atoms with Crippen LogP contribution in [0.5, 0.6) is 5.75 Å². The molecule has 2 heterocycles. The summed E-state index contributed by atoms with van der Waals surface area (Å²) in [5.41, 5.74) is 8.62. The van der Waals surface area contributed by atoms with Gasteiger partial charge < -0.3 is 15.8 Å². The van der Waals surface area contributed by atoms with Crippen LogP contribution >= 0.6 is 0 Å². The summed E-state index contributed by atoms with van der Waals surface area (Å²) in [7, 11) is 1.83. The summed E-state index contributed by atoms with van der Waals surface area (Å²) in [6.07, 6.45) is -3.06. The molecule has 0 aliphatic rings. The van der Waals surface area contributed by atoms with E-state index in [0.29, 0.717) is 23.6 Å². The van der Waals surface area contributed by atoms with Crippen molar-refractivity contribution < 1.29 is 17.9 Å². The minimum absolute atomic E-state index is 0.223. The highest BCUT2D eigenvalue weighted by atomic mass is 19.4. The number of nitrogens with two attached hydrogens (primary N) is 1. The molecule has 0 spiro atoms. The smallest absolute Gasteiger partial charge is 0.406 e. The largest absolute Gasteiger partial charge is 0.573 e. The second-order valence-corrected chi connectivity index (χ2v) is 5.30. The van der Waals surface area contributed by atoms with Gasteiger partial charge in [-0.2, -0.15) is 5.10 Å². The normalized spacial score (nSPS) is 11.9. The lowest BCUT2D eigenvalue weighted by atomic mass is 10.1. The average molecular weight is 351 g/mol. The maximum Gasteiger partial charge on any atom is 0.573 e. The zero-order valence-corrected chi connectivity index (χ0v) is 13.3. The Bertz CT molecular complexity index is 874. The van der Waals surface area contributed by atoms with Gasteiger partial charge in [-0.3, -0.25) is 0 Å². The van der Waals surface area contributed by atoms with Gasteiger partial charge in [-0.05, 0) is 42.9 Å². The molecular weight excluding hydrogens is 335 g/mol. The van der Waals surface area contributed by atoms with E-state index in [1.54, 1.807) is 10.9 Å². The Labute approximate surface area is 141 Å². The SMILES string of the molecule is CNCc1ccnc2c1c(CN)nn2-c1ccc(OC(F)(F)F)cc1. The molecule has 0 aliphatic heterocycles. The number of nitrogens with zero attached hydrogens (tertiary/aromatic N) is 3. The first-order valence-electron chi connectivity index (χ1n) is 7.49. The van der Waals surface area contributed by atoms with Gasteiger partial charge in [0.15, 0.2) is 5.65 Å². The van der Waals surface area contributed by atoms with E-state index in [1.165, 1.54) is 24.3 Å². The maximum atomic E-state index is 12.3. The Hall–Kier alpha value is -2.65. The number of rotatable bonds is 5. The molecule has 0 unspecified atom stereocenters. The van der Waals surface area contributed by atoms with Crippen LogP contribution in [0, 0.1) is 0 Å². The summed E-state index contributed by atoms with van der Waals surface area (Å²) >= 11 is 0. The summed E-state index contributed by atoms with van der Waals surface area (Å²) < 4.78 is 42.3. The molecule has 0 fully saturated rings. The van der Waals surface area contributed by atoms with Gasteiger partial charge in [0.25, 0.3) is 0 Å². The molecule has 0 bridgehead atoms. The van der Waals surface area contributed by atoms with Crippen LogP contribution in [0.4, 0.5) is 13.2 Å². The van der Waals surface area contributed by atoms with Gasteiger partial charge in [-0.1, -0.05) is 0 Å². The first-order chi connectivity index (χ1) is 11.9. The van der Waals surface area contributed by atoms with E-state index >= 15 is 0 Å². The van der Waals surface area contributed by atoms with Crippen molar-refractivity contribution in [2.24, 2.45) is 5.73 Å². The summed E-state index contributed by atoms with van der Waals surface area (Å²) in [5.74, 6) is -0.296. The number of alkyl halides is 3. The molecule has 0 radical (unpaired) electrons. The van der Waals surface area contributed by atoms with Crippen molar-refractivity contribution in [2.45, 2.75) is 19.5 Å². The lowest BCUT2D eigenvalue weighted by molar-refractivity contribution is -0.274. The number of ether oxygens (including phenoxy) is 1. The van der Waals surface area contributed by atoms with Gasteiger partial charge in [-0.25, -0.2) is 9.67 Å². The number of fused-ring (bicyclic) bond motifs is 1. The molecule has 0 saturated heterocycles. The summed E-state index contributed by atoms with van der Waals surface area (Å²) in [6, 6.07) is 7.32. The highest BCUT2D eigenvalue weighted by molar-refractivity contribution is 5.83. The summed E-state index contributed by atoms with van der Waals surface area (Å²) in [4.78, 5) is 4.36. The van der Waals surface area contributed by atoms with Gasteiger partial charge in [0.1, 0.15) is 5.75 Å². The molecule has 3 aromatic rings. The van der Waals surface area contributed by atoms with E-state index in [2.05, 4.69) is 20.1 Å². The van der Waals surface area contributed by atoms with Crippen LogP contribution in [0.15, 0.2) is 36.5 Å². The van der Waals surface area contributed by atoms with E-state index < -0.39 is 6.36 Å². The second kappa shape index (κ2) is 6.69. The highest BCUT2D eigenvalue weighted by Crippen LogP contribution is 2.27. The van der Waals surface area contributed by atoms with E-state index in [4.69, 9.17) is 5.73 Å². The Morgan fingerprint density at radius 2 is 1.92 bits per heavy atom. The standard InChI is InChI=1S/C16H16F3N5O/c1-21-9-10-6-7-22-15-14(10)13(8-20)23-24(15)11-2-4-12(5-3-11)25-16(17,18)19/h2-7,21H,8-9,20H2,1H3. The molecule has 2 aromatic heterocycles. The fraction of sp³-hybridized carbons (Fsp3) is 0.250. The molecule has 0 aliphatic carbocycles. The highest BCUT2D eigenvalue weighted by Gasteiger charge is 2.31. The third kappa shape index (κ3) is 3.57. The summed E-state index contributed by atoms with van der Waals surface area (Å²) in [6.45, 7) is 0.844. The predicted molar refractivity (Wildman–Crippen MR) is 86.2 cm³/mol.